The first-order valence-electron chi connectivity index (χ1n) is 41.1. The van der Waals surface area contributed by atoms with E-state index < -0.39 is 24.3 Å². The molecule has 0 rings (SSSR count). The van der Waals surface area contributed by atoms with Crippen molar-refractivity contribution in [2.24, 2.45) is 0 Å². The molecular weight excluding hydrogens is 1170 g/mol. The lowest BCUT2D eigenvalue weighted by Gasteiger charge is -2.25. The number of nitrogens with zero attached hydrogens (tertiary/aromatic N) is 1. The minimum absolute atomic E-state index is 0.182. The molecular formula is C86H158NO8+. The third-order valence-corrected chi connectivity index (χ3v) is 18.5. The summed E-state index contributed by atoms with van der Waals surface area (Å²) in [6, 6.07) is 0. The van der Waals surface area contributed by atoms with E-state index in [-0.39, 0.29) is 32.2 Å². The van der Waals surface area contributed by atoms with Gasteiger partial charge in [-0.05, 0) is 64.2 Å². The van der Waals surface area contributed by atoms with Crippen molar-refractivity contribution >= 4 is 17.9 Å². The molecule has 0 saturated heterocycles. The van der Waals surface area contributed by atoms with Crippen LogP contribution in [0.15, 0.2) is 72.9 Å². The molecule has 0 aliphatic heterocycles. The summed E-state index contributed by atoms with van der Waals surface area (Å²) in [6.45, 7) is 4.82. The van der Waals surface area contributed by atoms with E-state index in [1.54, 1.807) is 0 Å². The maximum absolute atomic E-state index is 13.0. The SMILES string of the molecule is CC/C=C\C/C=C\C/C=C\C/C=C\C/C=C\C/C=C\CCCCCCCCCCCCC(=O)OC(COC(=O)CCCCCCCCCCCCCCCCCCCCCCCCCCCCCCCCCCCCCCCCCCC)COC(OCC[N+](C)(C)C)C(=O)O. The molecule has 2 atom stereocenters. The van der Waals surface area contributed by atoms with E-state index in [9.17, 15) is 19.5 Å². The number of quaternary nitrogens is 1. The van der Waals surface area contributed by atoms with E-state index in [4.69, 9.17) is 18.9 Å². The van der Waals surface area contributed by atoms with Gasteiger partial charge in [-0.3, -0.25) is 9.59 Å². The number of ether oxygens (including phenoxy) is 4. The number of carbonyl (C=O) groups is 3. The van der Waals surface area contributed by atoms with Gasteiger partial charge in [-0.25, -0.2) is 4.79 Å². The van der Waals surface area contributed by atoms with Crippen LogP contribution < -0.4 is 0 Å². The Hall–Kier alpha value is -3.27. The number of allylic oxidation sites excluding steroid dienone is 12. The molecule has 0 spiro atoms. The molecule has 1 N–H and O–H groups in total. The molecule has 0 aliphatic carbocycles. The second kappa shape index (κ2) is 76.5. The second-order valence-electron chi connectivity index (χ2n) is 29.1. The summed E-state index contributed by atoms with van der Waals surface area (Å²) in [6.07, 6.45) is 101. The van der Waals surface area contributed by atoms with Crippen molar-refractivity contribution in [1.82, 2.24) is 0 Å². The number of unbranched alkanes of at least 4 members (excludes halogenated alkanes) is 50. The summed E-state index contributed by atoms with van der Waals surface area (Å²) in [4.78, 5) is 37.7. The van der Waals surface area contributed by atoms with Crippen molar-refractivity contribution < 1.29 is 42.9 Å². The molecule has 9 nitrogen and oxygen atoms in total. The summed E-state index contributed by atoms with van der Waals surface area (Å²) in [5.74, 6) is -1.99. The molecule has 0 heterocycles. The number of hydrogen-bond acceptors (Lipinski definition) is 7. The number of carbonyl (C=O) groups excluding carboxylic acids is 2. The van der Waals surface area contributed by atoms with Crippen LogP contribution in [0.25, 0.3) is 0 Å². The first-order chi connectivity index (χ1) is 46.6. The molecule has 0 fully saturated rings. The summed E-state index contributed by atoms with van der Waals surface area (Å²) < 4.78 is 23.0. The number of aliphatic carboxylic acids is 1. The zero-order valence-electron chi connectivity index (χ0n) is 63.6. The lowest BCUT2D eigenvalue weighted by molar-refractivity contribution is -0.870. The number of likely N-dealkylation sites (N-methyl/N-ethyl adjacent to an activating group) is 1. The number of rotatable bonds is 77. The van der Waals surface area contributed by atoms with Crippen LogP contribution in [0.4, 0.5) is 0 Å². The molecule has 0 saturated carbocycles. The molecule has 2 unspecified atom stereocenters. The van der Waals surface area contributed by atoms with Crippen molar-refractivity contribution in [2.45, 2.75) is 411 Å². The van der Waals surface area contributed by atoms with Crippen molar-refractivity contribution in [3.63, 3.8) is 0 Å². The number of carboxylic acid groups (broad SMARTS) is 1. The molecule has 0 aliphatic rings. The van der Waals surface area contributed by atoms with Gasteiger partial charge in [-0.15, -0.1) is 0 Å². The van der Waals surface area contributed by atoms with Gasteiger partial charge in [-0.2, -0.15) is 0 Å². The molecule has 0 aromatic heterocycles. The monoisotopic (exact) mass is 1330 g/mol. The summed E-state index contributed by atoms with van der Waals surface area (Å²) in [5, 5.41) is 9.77. The molecule has 0 aromatic carbocycles. The van der Waals surface area contributed by atoms with Gasteiger partial charge in [0.05, 0.1) is 34.4 Å². The fourth-order valence-electron chi connectivity index (χ4n) is 12.3. The maximum Gasteiger partial charge on any atom is 0.361 e. The standard InChI is InChI=1S/C86H157NO8/c1-6-8-10-12-14-16-18-20-22-24-26-28-30-32-34-36-37-38-39-40-41-42-43-44-45-46-47-49-50-52-54-56-58-60-62-64-66-68-70-72-74-76-83(88)93-80-82(81-94-86(85(90)91)92-79-78-87(3,4)5)95-84(89)77-75-73-71-69-67-65-63-61-59-57-55-53-51-48-35-33-31-29-27-25-23-21-19-17-15-13-11-9-7-2/h9,11,15,17,21,23,27,29,33,35,51,53,82,86H,6-8,10,12-14,16,18-20,22,24-26,28,30-32,34,36-50,52,54-81H2,1-5H3/p+1/b11-9-,17-15-,23-21-,29-27-,35-33-,53-51-. The molecule has 554 valence electrons. The van der Waals surface area contributed by atoms with Crippen LogP contribution in [0.1, 0.15) is 399 Å². The highest BCUT2D eigenvalue weighted by molar-refractivity contribution is 5.71. The Bertz CT molecular complexity index is 1790. The van der Waals surface area contributed by atoms with E-state index in [1.165, 1.54) is 283 Å². The van der Waals surface area contributed by atoms with Gasteiger partial charge in [0.15, 0.2) is 6.10 Å². The van der Waals surface area contributed by atoms with Gasteiger partial charge in [0.25, 0.3) is 6.29 Å². The highest BCUT2D eigenvalue weighted by atomic mass is 16.7. The van der Waals surface area contributed by atoms with Crippen LogP contribution in [0.2, 0.25) is 0 Å². The normalized spacial score (nSPS) is 13.0. The minimum Gasteiger partial charge on any atom is -0.477 e. The fraction of sp³-hybridized carbons (Fsp3) is 0.826. The van der Waals surface area contributed by atoms with E-state index >= 15 is 0 Å². The zero-order chi connectivity index (χ0) is 69.0. The second-order valence-corrected chi connectivity index (χ2v) is 29.1. The van der Waals surface area contributed by atoms with Gasteiger partial charge in [0.2, 0.25) is 0 Å². The summed E-state index contributed by atoms with van der Waals surface area (Å²) in [5.41, 5.74) is 0. The minimum atomic E-state index is -1.51. The molecule has 95 heavy (non-hydrogen) atoms. The van der Waals surface area contributed by atoms with Gasteiger partial charge >= 0.3 is 17.9 Å². The summed E-state index contributed by atoms with van der Waals surface area (Å²) in [7, 11) is 5.99. The largest absolute Gasteiger partial charge is 0.477 e. The van der Waals surface area contributed by atoms with Crippen LogP contribution in [0.3, 0.4) is 0 Å². The molecule has 0 bridgehead atoms. The average Bonchev–Trinajstić information content (AvgIpc) is 2.86. The van der Waals surface area contributed by atoms with Crippen LogP contribution in [0, 0.1) is 0 Å². The highest BCUT2D eigenvalue weighted by Gasteiger charge is 2.25. The maximum atomic E-state index is 13.0. The number of hydrogen-bond donors (Lipinski definition) is 1. The molecule has 0 amide bonds. The smallest absolute Gasteiger partial charge is 0.361 e. The van der Waals surface area contributed by atoms with Crippen molar-refractivity contribution in [2.75, 3.05) is 47.5 Å². The molecule has 0 radical (unpaired) electrons. The van der Waals surface area contributed by atoms with Crippen molar-refractivity contribution in [3.8, 4) is 0 Å². The van der Waals surface area contributed by atoms with E-state index in [1.807, 2.05) is 21.1 Å². The third kappa shape index (κ3) is 77.9. The third-order valence-electron chi connectivity index (χ3n) is 18.5. The predicted octanol–water partition coefficient (Wildman–Crippen LogP) is 26.4. The summed E-state index contributed by atoms with van der Waals surface area (Å²) >= 11 is 0. The lowest BCUT2D eigenvalue weighted by Crippen LogP contribution is -2.40. The van der Waals surface area contributed by atoms with Crippen LogP contribution in [-0.2, 0) is 33.3 Å². The first-order valence-corrected chi connectivity index (χ1v) is 41.1. The quantitative estimate of drug-likeness (QED) is 0.0211. The van der Waals surface area contributed by atoms with Gasteiger partial charge in [-0.1, -0.05) is 395 Å². The topological polar surface area (TPSA) is 108 Å². The number of esters is 2. The predicted molar refractivity (Wildman–Crippen MR) is 410 cm³/mol. The van der Waals surface area contributed by atoms with Gasteiger partial charge in [0.1, 0.15) is 13.2 Å². The van der Waals surface area contributed by atoms with E-state index in [2.05, 4.69) is 86.8 Å². The highest BCUT2D eigenvalue weighted by Crippen LogP contribution is 2.20. The van der Waals surface area contributed by atoms with E-state index in [0.29, 0.717) is 23.9 Å². The molecule has 9 heteroatoms. The Morgan fingerprint density at radius 1 is 0.326 bits per heavy atom. The lowest BCUT2D eigenvalue weighted by atomic mass is 10.0. The Balaban J connectivity index is 3.95. The van der Waals surface area contributed by atoms with Gasteiger partial charge in [0, 0.05) is 12.8 Å². The van der Waals surface area contributed by atoms with Crippen LogP contribution in [0.5, 0.6) is 0 Å². The molecule has 0 aromatic rings. The van der Waals surface area contributed by atoms with Gasteiger partial charge < -0.3 is 28.5 Å². The fourth-order valence-corrected chi connectivity index (χ4v) is 12.3. The van der Waals surface area contributed by atoms with Crippen LogP contribution >= 0.6 is 0 Å². The van der Waals surface area contributed by atoms with E-state index in [0.717, 1.165) is 83.5 Å². The zero-order valence-corrected chi connectivity index (χ0v) is 63.6. The average molecular weight is 1330 g/mol. The number of carboxylic acids is 1. The Labute approximate surface area is 589 Å². The van der Waals surface area contributed by atoms with Crippen molar-refractivity contribution in [3.05, 3.63) is 72.9 Å². The first kappa shape index (κ1) is 91.7. The van der Waals surface area contributed by atoms with Crippen LogP contribution in [-0.4, -0.2) is 87.4 Å². The Morgan fingerprint density at radius 2 is 0.600 bits per heavy atom. The Morgan fingerprint density at radius 3 is 0.895 bits per heavy atom. The Kier molecular flexibility index (Phi) is 73.9. The van der Waals surface area contributed by atoms with Crippen molar-refractivity contribution in [1.29, 1.82) is 0 Å².